The number of carbonyl (C=O) groups is 1. The fourth-order valence-electron chi connectivity index (χ4n) is 1.68. The molecule has 0 radical (unpaired) electrons. The minimum Gasteiger partial charge on any atom is -0.445 e. The van der Waals surface area contributed by atoms with E-state index in [4.69, 9.17) is 10.5 Å². The Morgan fingerprint density at radius 2 is 2.19 bits per heavy atom. The molecule has 1 saturated heterocycles. The van der Waals surface area contributed by atoms with Gasteiger partial charge in [-0.05, 0) is 12.5 Å². The van der Waals surface area contributed by atoms with Crippen LogP contribution in [0.3, 0.4) is 0 Å². The van der Waals surface area contributed by atoms with E-state index in [1.165, 1.54) is 0 Å². The maximum absolute atomic E-state index is 11.6. The molecule has 86 valence electrons. The van der Waals surface area contributed by atoms with E-state index in [0.717, 1.165) is 5.56 Å². The highest BCUT2D eigenvalue weighted by atomic mass is 16.6. The Labute approximate surface area is 95.0 Å². The summed E-state index contributed by atoms with van der Waals surface area (Å²) in [6.45, 7) is 2.84. The number of hydrogen-bond acceptors (Lipinski definition) is 3. The lowest BCUT2D eigenvalue weighted by Gasteiger charge is -2.43. The molecule has 1 aliphatic heterocycles. The molecule has 16 heavy (non-hydrogen) atoms. The quantitative estimate of drug-likeness (QED) is 0.818. The third-order valence-electron chi connectivity index (χ3n) is 2.96. The Balaban J connectivity index is 1.81. The van der Waals surface area contributed by atoms with E-state index in [9.17, 15) is 4.79 Å². The van der Waals surface area contributed by atoms with Crippen LogP contribution in [0.2, 0.25) is 0 Å². The van der Waals surface area contributed by atoms with Crippen LogP contribution >= 0.6 is 0 Å². The van der Waals surface area contributed by atoms with Gasteiger partial charge in [-0.1, -0.05) is 30.3 Å². The van der Waals surface area contributed by atoms with Crippen LogP contribution in [-0.4, -0.2) is 29.6 Å². The second-order valence-electron chi connectivity index (χ2n) is 4.10. The van der Waals surface area contributed by atoms with E-state index in [2.05, 4.69) is 0 Å². The Kier molecular flexibility index (Phi) is 3.10. The number of hydrogen-bond donors (Lipinski definition) is 1. The summed E-state index contributed by atoms with van der Waals surface area (Å²) in [6, 6.07) is 9.81. The molecule has 1 amide bonds. The summed E-state index contributed by atoms with van der Waals surface area (Å²) in [7, 11) is 0. The topological polar surface area (TPSA) is 55.6 Å². The van der Waals surface area contributed by atoms with Crippen molar-refractivity contribution in [1.82, 2.24) is 4.90 Å². The lowest BCUT2D eigenvalue weighted by atomic mass is 10.0. The lowest BCUT2D eigenvalue weighted by molar-refractivity contribution is 0.0374. The molecule has 2 atom stereocenters. The predicted octanol–water partition coefficient (Wildman–Crippen LogP) is 1.35. The average Bonchev–Trinajstić information content (AvgIpc) is 2.33. The summed E-state index contributed by atoms with van der Waals surface area (Å²) in [4.78, 5) is 13.2. The van der Waals surface area contributed by atoms with Crippen LogP contribution < -0.4 is 5.73 Å². The van der Waals surface area contributed by atoms with E-state index in [0.29, 0.717) is 13.2 Å². The number of likely N-dealkylation sites (tertiary alicyclic amines) is 1. The van der Waals surface area contributed by atoms with Gasteiger partial charge in [0.1, 0.15) is 6.61 Å². The van der Waals surface area contributed by atoms with Crippen molar-refractivity contribution in [1.29, 1.82) is 0 Å². The Hall–Kier alpha value is -1.55. The first-order valence-electron chi connectivity index (χ1n) is 5.41. The second kappa shape index (κ2) is 4.53. The number of rotatable bonds is 2. The monoisotopic (exact) mass is 220 g/mol. The van der Waals surface area contributed by atoms with Crippen LogP contribution in [0.1, 0.15) is 12.5 Å². The molecule has 0 saturated carbocycles. The molecule has 2 rings (SSSR count). The van der Waals surface area contributed by atoms with Crippen molar-refractivity contribution < 1.29 is 9.53 Å². The first-order chi connectivity index (χ1) is 7.68. The van der Waals surface area contributed by atoms with Crippen LogP contribution in [0.25, 0.3) is 0 Å². The highest BCUT2D eigenvalue weighted by molar-refractivity contribution is 5.69. The molecule has 0 unspecified atom stereocenters. The summed E-state index contributed by atoms with van der Waals surface area (Å²) < 4.78 is 5.18. The molecule has 0 bridgehead atoms. The maximum atomic E-state index is 11.6. The SMILES string of the molecule is C[C@H]1[C@H](N)CN1C(=O)OCc1ccccc1. The molecule has 1 aliphatic rings. The smallest absolute Gasteiger partial charge is 0.410 e. The van der Waals surface area contributed by atoms with Gasteiger partial charge in [0, 0.05) is 18.6 Å². The standard InChI is InChI=1S/C12H16N2O2/c1-9-11(13)7-14(9)12(15)16-8-10-5-3-2-4-6-10/h2-6,9,11H,7-8,13H2,1H3/t9-,11+/m0/s1. The van der Waals surface area contributed by atoms with Gasteiger partial charge in [-0.2, -0.15) is 0 Å². The highest BCUT2D eigenvalue weighted by Crippen LogP contribution is 2.17. The van der Waals surface area contributed by atoms with E-state index in [-0.39, 0.29) is 18.2 Å². The molecule has 0 aliphatic carbocycles. The normalized spacial score (nSPS) is 23.8. The average molecular weight is 220 g/mol. The molecule has 0 spiro atoms. The third kappa shape index (κ3) is 2.17. The molecule has 2 N–H and O–H groups in total. The van der Waals surface area contributed by atoms with Gasteiger partial charge in [-0.25, -0.2) is 4.79 Å². The third-order valence-corrected chi connectivity index (χ3v) is 2.96. The fraction of sp³-hybridized carbons (Fsp3) is 0.417. The number of carbonyl (C=O) groups excluding carboxylic acids is 1. The van der Waals surface area contributed by atoms with Gasteiger partial charge >= 0.3 is 6.09 Å². The number of amides is 1. The molecule has 4 heteroatoms. The van der Waals surface area contributed by atoms with Crippen molar-refractivity contribution in [2.24, 2.45) is 5.73 Å². The molecular formula is C12H16N2O2. The molecule has 1 fully saturated rings. The van der Waals surface area contributed by atoms with Gasteiger partial charge in [0.2, 0.25) is 0 Å². The van der Waals surface area contributed by atoms with Crippen molar-refractivity contribution in [2.75, 3.05) is 6.54 Å². The Bertz CT molecular complexity index is 367. The van der Waals surface area contributed by atoms with Crippen LogP contribution in [-0.2, 0) is 11.3 Å². The minimum atomic E-state index is -0.280. The van der Waals surface area contributed by atoms with Crippen molar-refractivity contribution in [3.63, 3.8) is 0 Å². The van der Waals surface area contributed by atoms with Gasteiger partial charge < -0.3 is 15.4 Å². The van der Waals surface area contributed by atoms with Gasteiger partial charge in [0.25, 0.3) is 0 Å². The van der Waals surface area contributed by atoms with Crippen molar-refractivity contribution >= 4 is 6.09 Å². The minimum absolute atomic E-state index is 0.0864. The summed E-state index contributed by atoms with van der Waals surface area (Å²) >= 11 is 0. The number of nitrogens with two attached hydrogens (primary N) is 1. The van der Waals surface area contributed by atoms with E-state index in [1.807, 2.05) is 37.3 Å². The largest absolute Gasteiger partial charge is 0.445 e. The van der Waals surface area contributed by atoms with Crippen LogP contribution in [0.15, 0.2) is 30.3 Å². The highest BCUT2D eigenvalue weighted by Gasteiger charge is 2.36. The summed E-state index contributed by atoms with van der Waals surface area (Å²) in [5.41, 5.74) is 6.70. The van der Waals surface area contributed by atoms with E-state index in [1.54, 1.807) is 4.90 Å². The van der Waals surface area contributed by atoms with Crippen LogP contribution in [0, 0.1) is 0 Å². The van der Waals surface area contributed by atoms with Gasteiger partial charge in [-0.15, -0.1) is 0 Å². The number of benzene rings is 1. The summed E-state index contributed by atoms with van der Waals surface area (Å²) in [6.07, 6.45) is -0.280. The molecular weight excluding hydrogens is 204 g/mol. The zero-order valence-electron chi connectivity index (χ0n) is 9.30. The first-order valence-corrected chi connectivity index (χ1v) is 5.41. The number of ether oxygens (including phenoxy) is 1. The van der Waals surface area contributed by atoms with Crippen molar-refractivity contribution in [2.45, 2.75) is 25.6 Å². The van der Waals surface area contributed by atoms with E-state index < -0.39 is 0 Å². The molecule has 1 aromatic carbocycles. The zero-order chi connectivity index (χ0) is 11.5. The van der Waals surface area contributed by atoms with Crippen molar-refractivity contribution in [3.8, 4) is 0 Å². The Morgan fingerprint density at radius 3 is 2.75 bits per heavy atom. The molecule has 1 heterocycles. The predicted molar refractivity (Wildman–Crippen MR) is 60.8 cm³/mol. The Morgan fingerprint density at radius 1 is 1.50 bits per heavy atom. The summed E-state index contributed by atoms with van der Waals surface area (Å²) in [5, 5.41) is 0. The van der Waals surface area contributed by atoms with Gasteiger partial charge in [0.05, 0.1) is 0 Å². The summed E-state index contributed by atoms with van der Waals surface area (Å²) in [5.74, 6) is 0. The van der Waals surface area contributed by atoms with Gasteiger partial charge in [-0.3, -0.25) is 0 Å². The van der Waals surface area contributed by atoms with Crippen LogP contribution in [0.5, 0.6) is 0 Å². The van der Waals surface area contributed by atoms with Crippen LogP contribution in [0.4, 0.5) is 4.79 Å². The maximum Gasteiger partial charge on any atom is 0.410 e. The van der Waals surface area contributed by atoms with Gasteiger partial charge in [0.15, 0.2) is 0 Å². The lowest BCUT2D eigenvalue weighted by Crippen LogP contribution is -2.64. The second-order valence-corrected chi connectivity index (χ2v) is 4.10. The first kappa shape index (κ1) is 11.0. The molecule has 4 nitrogen and oxygen atoms in total. The van der Waals surface area contributed by atoms with E-state index >= 15 is 0 Å². The molecule has 1 aromatic rings. The number of nitrogens with zero attached hydrogens (tertiary/aromatic N) is 1. The molecule has 0 aromatic heterocycles. The van der Waals surface area contributed by atoms with Crippen molar-refractivity contribution in [3.05, 3.63) is 35.9 Å². The fourth-order valence-corrected chi connectivity index (χ4v) is 1.68. The zero-order valence-corrected chi connectivity index (χ0v) is 9.30.